The Kier molecular flexibility index (Phi) is 2.87. The van der Waals surface area contributed by atoms with Gasteiger partial charge < -0.3 is 10.4 Å². The van der Waals surface area contributed by atoms with Gasteiger partial charge in [-0.15, -0.1) is 0 Å². The fourth-order valence-electron chi connectivity index (χ4n) is 0.993. The molecule has 1 aliphatic rings. The van der Waals surface area contributed by atoms with E-state index in [1.165, 1.54) is 0 Å². The van der Waals surface area contributed by atoms with Crippen molar-refractivity contribution in [2.75, 3.05) is 6.54 Å². The molecule has 1 amide bonds. The molecule has 0 unspecified atom stereocenters. The van der Waals surface area contributed by atoms with Gasteiger partial charge in [-0.3, -0.25) is 14.9 Å². The van der Waals surface area contributed by atoms with Crippen molar-refractivity contribution in [3.05, 3.63) is 0 Å². The summed E-state index contributed by atoms with van der Waals surface area (Å²) in [4.78, 5) is 21.6. The fourth-order valence-corrected chi connectivity index (χ4v) is 0.993. The smallest absolute Gasteiger partial charge is 0.322 e. The van der Waals surface area contributed by atoms with Gasteiger partial charge >= 0.3 is 5.97 Å². The Bertz CT molecular complexity index is 227. The highest BCUT2D eigenvalue weighted by atomic mass is 16.4. The van der Waals surface area contributed by atoms with Crippen LogP contribution in [0.1, 0.15) is 13.8 Å². The number of carboxylic acid groups (broad SMARTS) is 1. The first-order valence-electron chi connectivity index (χ1n) is 4.29. The first-order valence-corrected chi connectivity index (χ1v) is 4.29. The van der Waals surface area contributed by atoms with Gasteiger partial charge in [-0.25, -0.2) is 0 Å². The minimum Gasteiger partial charge on any atom is -0.480 e. The lowest BCUT2D eigenvalue weighted by molar-refractivity contribution is -0.137. The SMILES string of the molecule is CC(C)CNC(=O)[C@@H]1N[C@H]1C(=O)O. The summed E-state index contributed by atoms with van der Waals surface area (Å²) in [5.74, 6) is -0.809. The Labute approximate surface area is 76.5 Å². The molecule has 0 aromatic rings. The van der Waals surface area contributed by atoms with Crippen molar-refractivity contribution >= 4 is 11.9 Å². The summed E-state index contributed by atoms with van der Waals surface area (Å²) >= 11 is 0. The molecule has 0 aliphatic carbocycles. The van der Waals surface area contributed by atoms with Gasteiger partial charge in [0.1, 0.15) is 12.1 Å². The average molecular weight is 186 g/mol. The standard InChI is InChI=1S/C8H14N2O3/c1-4(2)3-9-7(11)5-6(10-5)8(12)13/h4-6,10H,3H2,1-2H3,(H,9,11)(H,12,13)/t5-,6-/m1/s1. The number of nitrogens with one attached hydrogen (secondary N) is 2. The minimum atomic E-state index is -0.968. The molecular weight excluding hydrogens is 172 g/mol. The van der Waals surface area contributed by atoms with E-state index in [0.29, 0.717) is 12.5 Å². The highest BCUT2D eigenvalue weighted by Gasteiger charge is 2.47. The molecule has 74 valence electrons. The van der Waals surface area contributed by atoms with E-state index in [1.54, 1.807) is 0 Å². The number of aliphatic carboxylic acids is 1. The molecule has 0 saturated carbocycles. The number of hydrogen-bond donors (Lipinski definition) is 3. The molecule has 1 heterocycles. The van der Waals surface area contributed by atoms with Gasteiger partial charge in [-0.2, -0.15) is 0 Å². The van der Waals surface area contributed by atoms with Crippen molar-refractivity contribution in [1.29, 1.82) is 0 Å². The molecule has 0 aromatic carbocycles. The summed E-state index contributed by atoms with van der Waals surface area (Å²) in [7, 11) is 0. The van der Waals surface area contributed by atoms with Crippen LogP contribution in [0.15, 0.2) is 0 Å². The zero-order valence-electron chi connectivity index (χ0n) is 7.70. The van der Waals surface area contributed by atoms with Crippen LogP contribution in [-0.2, 0) is 9.59 Å². The van der Waals surface area contributed by atoms with Crippen LogP contribution >= 0.6 is 0 Å². The van der Waals surface area contributed by atoms with Crippen LogP contribution in [0.25, 0.3) is 0 Å². The van der Waals surface area contributed by atoms with Gasteiger partial charge in [-0.1, -0.05) is 13.8 Å². The molecule has 0 bridgehead atoms. The summed E-state index contributed by atoms with van der Waals surface area (Å²) in [5.41, 5.74) is 0. The van der Waals surface area contributed by atoms with Crippen molar-refractivity contribution in [2.45, 2.75) is 25.9 Å². The number of rotatable bonds is 4. The predicted molar refractivity (Wildman–Crippen MR) is 46.2 cm³/mol. The number of carbonyl (C=O) groups excluding carboxylic acids is 1. The van der Waals surface area contributed by atoms with E-state index < -0.39 is 18.1 Å². The van der Waals surface area contributed by atoms with Crippen LogP contribution in [0, 0.1) is 5.92 Å². The Balaban J connectivity index is 2.24. The second kappa shape index (κ2) is 3.74. The third-order valence-corrected chi connectivity index (χ3v) is 1.82. The Morgan fingerprint density at radius 2 is 2.08 bits per heavy atom. The summed E-state index contributed by atoms with van der Waals surface area (Å²) < 4.78 is 0. The van der Waals surface area contributed by atoms with Gasteiger partial charge in [0.25, 0.3) is 0 Å². The largest absolute Gasteiger partial charge is 0.480 e. The van der Waals surface area contributed by atoms with Crippen molar-refractivity contribution in [3.8, 4) is 0 Å². The van der Waals surface area contributed by atoms with Gasteiger partial charge in [0.15, 0.2) is 0 Å². The molecule has 0 radical (unpaired) electrons. The molecule has 5 nitrogen and oxygen atoms in total. The lowest BCUT2D eigenvalue weighted by Crippen LogP contribution is -2.33. The van der Waals surface area contributed by atoms with Gasteiger partial charge in [0.05, 0.1) is 0 Å². The number of carbonyl (C=O) groups is 2. The zero-order chi connectivity index (χ0) is 10.0. The molecule has 1 saturated heterocycles. The molecule has 0 aromatic heterocycles. The highest BCUT2D eigenvalue weighted by molar-refractivity contribution is 5.94. The maximum Gasteiger partial charge on any atom is 0.322 e. The number of hydrogen-bond acceptors (Lipinski definition) is 3. The second-order valence-electron chi connectivity index (χ2n) is 3.60. The lowest BCUT2D eigenvalue weighted by Gasteiger charge is -2.05. The normalized spacial score (nSPS) is 25.8. The van der Waals surface area contributed by atoms with E-state index in [-0.39, 0.29) is 5.91 Å². The molecule has 3 N–H and O–H groups in total. The molecule has 1 rings (SSSR count). The molecule has 0 spiro atoms. The Morgan fingerprint density at radius 1 is 1.46 bits per heavy atom. The lowest BCUT2D eigenvalue weighted by atomic mass is 10.2. The van der Waals surface area contributed by atoms with Crippen LogP contribution in [0.3, 0.4) is 0 Å². The minimum absolute atomic E-state index is 0.221. The number of carboxylic acids is 1. The molecule has 1 fully saturated rings. The van der Waals surface area contributed by atoms with Gasteiger partial charge in [-0.05, 0) is 5.92 Å². The third kappa shape index (κ3) is 2.69. The maximum atomic E-state index is 11.2. The quantitative estimate of drug-likeness (QED) is 0.501. The van der Waals surface area contributed by atoms with Crippen LogP contribution in [0.2, 0.25) is 0 Å². The van der Waals surface area contributed by atoms with E-state index in [0.717, 1.165) is 0 Å². The molecule has 13 heavy (non-hydrogen) atoms. The summed E-state index contributed by atoms with van der Waals surface area (Å²) in [6, 6.07) is -1.22. The Morgan fingerprint density at radius 3 is 2.46 bits per heavy atom. The summed E-state index contributed by atoms with van der Waals surface area (Å²) in [6.07, 6.45) is 0. The van der Waals surface area contributed by atoms with E-state index in [1.807, 2.05) is 13.8 Å². The average Bonchev–Trinajstić information content (AvgIpc) is 2.78. The van der Waals surface area contributed by atoms with Crippen molar-refractivity contribution in [1.82, 2.24) is 10.6 Å². The first-order chi connectivity index (χ1) is 6.02. The summed E-state index contributed by atoms with van der Waals surface area (Å²) in [5, 5.41) is 13.8. The predicted octanol–water partition coefficient (Wildman–Crippen LogP) is -0.816. The zero-order valence-corrected chi connectivity index (χ0v) is 7.70. The monoisotopic (exact) mass is 186 g/mol. The van der Waals surface area contributed by atoms with Gasteiger partial charge in [0.2, 0.25) is 5.91 Å². The Hall–Kier alpha value is -1.10. The fraction of sp³-hybridized carbons (Fsp3) is 0.750. The van der Waals surface area contributed by atoms with E-state index in [2.05, 4.69) is 10.6 Å². The molecule has 5 heteroatoms. The van der Waals surface area contributed by atoms with Crippen LogP contribution in [0.5, 0.6) is 0 Å². The van der Waals surface area contributed by atoms with Crippen LogP contribution in [0.4, 0.5) is 0 Å². The van der Waals surface area contributed by atoms with E-state index >= 15 is 0 Å². The second-order valence-corrected chi connectivity index (χ2v) is 3.60. The molecule has 2 atom stereocenters. The molecule has 1 aliphatic heterocycles. The first kappa shape index (κ1) is 9.98. The highest BCUT2D eigenvalue weighted by Crippen LogP contribution is 2.10. The molecular formula is C8H14N2O3. The van der Waals surface area contributed by atoms with Crippen LogP contribution in [-0.4, -0.2) is 35.6 Å². The third-order valence-electron chi connectivity index (χ3n) is 1.82. The van der Waals surface area contributed by atoms with E-state index in [9.17, 15) is 9.59 Å². The van der Waals surface area contributed by atoms with Crippen LogP contribution < -0.4 is 10.6 Å². The van der Waals surface area contributed by atoms with Gasteiger partial charge in [0, 0.05) is 6.54 Å². The van der Waals surface area contributed by atoms with Crippen molar-refractivity contribution in [3.63, 3.8) is 0 Å². The van der Waals surface area contributed by atoms with Crippen molar-refractivity contribution < 1.29 is 14.7 Å². The van der Waals surface area contributed by atoms with Crippen molar-refractivity contribution in [2.24, 2.45) is 5.92 Å². The number of amides is 1. The van der Waals surface area contributed by atoms with E-state index in [4.69, 9.17) is 5.11 Å². The maximum absolute atomic E-state index is 11.2. The summed E-state index contributed by atoms with van der Waals surface area (Å²) in [6.45, 7) is 4.55. The topological polar surface area (TPSA) is 88.3 Å².